The summed E-state index contributed by atoms with van der Waals surface area (Å²) in [7, 11) is 0. The Morgan fingerprint density at radius 2 is 1.38 bits per heavy atom. The van der Waals surface area contributed by atoms with Gasteiger partial charge in [0.1, 0.15) is 5.75 Å². The van der Waals surface area contributed by atoms with Crippen LogP contribution in [0.2, 0.25) is 0 Å². The number of unbranched alkanes of at least 4 members (excludes halogenated alkanes) is 8. The van der Waals surface area contributed by atoms with E-state index in [1.807, 2.05) is 0 Å². The maximum Gasteiger partial charge on any atom is 0.335 e. The molecule has 1 N–H and O–H groups in total. The predicted molar refractivity (Wildman–Crippen MR) is 99.9 cm³/mol. The Labute approximate surface area is 147 Å². The molecule has 0 heterocycles. The largest absolute Gasteiger partial charge is 0.494 e. The van der Waals surface area contributed by atoms with Gasteiger partial charge in [-0.2, -0.15) is 0 Å². The summed E-state index contributed by atoms with van der Waals surface area (Å²) in [4.78, 5) is 10.8. The van der Waals surface area contributed by atoms with E-state index in [1.165, 1.54) is 57.8 Å². The van der Waals surface area contributed by atoms with E-state index >= 15 is 0 Å². The molecular weight excluding hydrogens is 300 g/mol. The van der Waals surface area contributed by atoms with Gasteiger partial charge in [0.25, 0.3) is 0 Å². The Bertz CT molecular complexity index is 437. The van der Waals surface area contributed by atoms with Crippen LogP contribution in [0.3, 0.4) is 0 Å². The minimum atomic E-state index is -0.901. The van der Waals surface area contributed by atoms with Crippen molar-refractivity contribution in [2.24, 2.45) is 5.92 Å². The normalized spacial score (nSPS) is 11.0. The lowest BCUT2D eigenvalue weighted by Crippen LogP contribution is -1.99. The fourth-order valence-corrected chi connectivity index (χ4v) is 2.78. The standard InChI is InChI=1S/C21H34O3/c1-18(2)12-10-8-6-4-3-5-7-9-11-17-24-20-15-13-19(14-16-20)21(22)23/h13-16,18H,3-12,17H2,1-2H3,(H,22,23). The summed E-state index contributed by atoms with van der Waals surface area (Å²) >= 11 is 0. The van der Waals surface area contributed by atoms with Crippen LogP contribution < -0.4 is 4.74 Å². The van der Waals surface area contributed by atoms with Gasteiger partial charge in [-0.15, -0.1) is 0 Å². The van der Waals surface area contributed by atoms with Crippen molar-refractivity contribution in [1.82, 2.24) is 0 Å². The Morgan fingerprint density at radius 1 is 0.875 bits per heavy atom. The van der Waals surface area contributed by atoms with E-state index in [0.29, 0.717) is 12.2 Å². The number of rotatable bonds is 14. The van der Waals surface area contributed by atoms with E-state index in [2.05, 4.69) is 13.8 Å². The number of carboxylic acid groups (broad SMARTS) is 1. The lowest BCUT2D eigenvalue weighted by molar-refractivity contribution is 0.0697. The van der Waals surface area contributed by atoms with Crippen LogP contribution in [0.25, 0.3) is 0 Å². The molecule has 24 heavy (non-hydrogen) atoms. The molecule has 0 aliphatic rings. The van der Waals surface area contributed by atoms with Gasteiger partial charge in [0.15, 0.2) is 0 Å². The first-order valence-electron chi connectivity index (χ1n) is 9.55. The van der Waals surface area contributed by atoms with Crippen LogP contribution in [0.1, 0.15) is 88.4 Å². The molecule has 0 aliphatic carbocycles. The zero-order chi connectivity index (χ0) is 17.6. The van der Waals surface area contributed by atoms with Crippen molar-refractivity contribution < 1.29 is 14.6 Å². The topological polar surface area (TPSA) is 46.5 Å². The van der Waals surface area contributed by atoms with E-state index < -0.39 is 5.97 Å². The van der Waals surface area contributed by atoms with Crippen molar-refractivity contribution in [3.63, 3.8) is 0 Å². The third kappa shape index (κ3) is 10.3. The molecule has 0 saturated carbocycles. The molecule has 0 spiro atoms. The van der Waals surface area contributed by atoms with Crippen LogP contribution in [0.15, 0.2) is 24.3 Å². The van der Waals surface area contributed by atoms with Crippen molar-refractivity contribution >= 4 is 5.97 Å². The van der Waals surface area contributed by atoms with Gasteiger partial charge in [0.2, 0.25) is 0 Å². The Balaban J connectivity index is 1.89. The Kier molecular flexibility index (Phi) is 11.0. The molecule has 0 aromatic heterocycles. The maximum atomic E-state index is 10.8. The average Bonchev–Trinajstić information content (AvgIpc) is 2.56. The van der Waals surface area contributed by atoms with Gasteiger partial charge in [-0.25, -0.2) is 4.79 Å². The average molecular weight is 334 g/mol. The number of carbonyl (C=O) groups is 1. The molecule has 3 nitrogen and oxygen atoms in total. The zero-order valence-electron chi connectivity index (χ0n) is 15.4. The van der Waals surface area contributed by atoms with Crippen molar-refractivity contribution in [1.29, 1.82) is 0 Å². The molecule has 3 heteroatoms. The first-order chi connectivity index (χ1) is 11.6. The predicted octanol–water partition coefficient (Wildman–Crippen LogP) is 6.32. The SMILES string of the molecule is CC(C)CCCCCCCCCCCOc1ccc(C(=O)O)cc1. The molecule has 0 bridgehead atoms. The van der Waals surface area contributed by atoms with E-state index in [4.69, 9.17) is 9.84 Å². The lowest BCUT2D eigenvalue weighted by atomic mass is 10.0. The van der Waals surface area contributed by atoms with Crippen molar-refractivity contribution in [3.8, 4) is 5.75 Å². The van der Waals surface area contributed by atoms with Gasteiger partial charge < -0.3 is 9.84 Å². The molecule has 1 aromatic carbocycles. The number of benzene rings is 1. The quantitative estimate of drug-likeness (QED) is 0.405. The lowest BCUT2D eigenvalue weighted by Gasteiger charge is -2.07. The first-order valence-corrected chi connectivity index (χ1v) is 9.55. The number of carboxylic acids is 1. The monoisotopic (exact) mass is 334 g/mol. The van der Waals surface area contributed by atoms with E-state index in [9.17, 15) is 4.79 Å². The zero-order valence-corrected chi connectivity index (χ0v) is 15.4. The molecule has 136 valence electrons. The smallest absolute Gasteiger partial charge is 0.335 e. The number of aromatic carboxylic acids is 1. The van der Waals surface area contributed by atoms with Gasteiger partial charge in [0.05, 0.1) is 12.2 Å². The molecule has 0 amide bonds. The molecule has 0 radical (unpaired) electrons. The highest BCUT2D eigenvalue weighted by Crippen LogP contribution is 2.15. The third-order valence-electron chi connectivity index (χ3n) is 4.30. The summed E-state index contributed by atoms with van der Waals surface area (Å²) in [6.45, 7) is 5.31. The second-order valence-electron chi connectivity index (χ2n) is 7.04. The number of ether oxygens (including phenoxy) is 1. The molecule has 1 aromatic rings. The third-order valence-corrected chi connectivity index (χ3v) is 4.30. The first kappa shape index (κ1) is 20.5. The van der Waals surface area contributed by atoms with Crippen LogP contribution in [0.4, 0.5) is 0 Å². The number of hydrogen-bond donors (Lipinski definition) is 1. The van der Waals surface area contributed by atoms with Crippen LogP contribution in [-0.4, -0.2) is 17.7 Å². The highest BCUT2D eigenvalue weighted by molar-refractivity contribution is 5.87. The summed E-state index contributed by atoms with van der Waals surface area (Å²) in [5, 5.41) is 8.83. The van der Waals surface area contributed by atoms with E-state index in [-0.39, 0.29) is 0 Å². The summed E-state index contributed by atoms with van der Waals surface area (Å²) in [6, 6.07) is 6.61. The highest BCUT2D eigenvalue weighted by atomic mass is 16.5. The summed E-state index contributed by atoms with van der Waals surface area (Å²) in [6.07, 6.45) is 13.2. The van der Waals surface area contributed by atoms with E-state index in [1.54, 1.807) is 24.3 Å². The minimum Gasteiger partial charge on any atom is -0.494 e. The molecule has 0 fully saturated rings. The second-order valence-corrected chi connectivity index (χ2v) is 7.04. The molecule has 0 atom stereocenters. The fourth-order valence-electron chi connectivity index (χ4n) is 2.78. The Hall–Kier alpha value is -1.51. The minimum absolute atomic E-state index is 0.298. The van der Waals surface area contributed by atoms with Crippen LogP contribution in [-0.2, 0) is 0 Å². The van der Waals surface area contributed by atoms with Gasteiger partial charge >= 0.3 is 5.97 Å². The van der Waals surface area contributed by atoms with Crippen LogP contribution >= 0.6 is 0 Å². The van der Waals surface area contributed by atoms with Crippen LogP contribution in [0, 0.1) is 5.92 Å². The fraction of sp³-hybridized carbons (Fsp3) is 0.667. The van der Waals surface area contributed by atoms with Crippen molar-refractivity contribution in [2.45, 2.75) is 78.1 Å². The summed E-state index contributed by atoms with van der Waals surface area (Å²) < 4.78 is 5.64. The molecule has 0 unspecified atom stereocenters. The van der Waals surface area contributed by atoms with Gasteiger partial charge in [-0.1, -0.05) is 71.6 Å². The Morgan fingerprint density at radius 3 is 1.88 bits per heavy atom. The number of hydrogen-bond acceptors (Lipinski definition) is 2. The molecule has 0 saturated heterocycles. The maximum absolute atomic E-state index is 10.8. The highest BCUT2D eigenvalue weighted by Gasteiger charge is 2.02. The van der Waals surface area contributed by atoms with Gasteiger partial charge in [-0.05, 0) is 36.6 Å². The van der Waals surface area contributed by atoms with Crippen LogP contribution in [0.5, 0.6) is 5.75 Å². The summed E-state index contributed by atoms with van der Waals surface area (Å²) in [5.41, 5.74) is 0.298. The van der Waals surface area contributed by atoms with Gasteiger partial charge in [-0.3, -0.25) is 0 Å². The van der Waals surface area contributed by atoms with Crippen molar-refractivity contribution in [3.05, 3.63) is 29.8 Å². The second kappa shape index (κ2) is 12.9. The summed E-state index contributed by atoms with van der Waals surface area (Å²) in [5.74, 6) is 0.699. The molecular formula is C21H34O3. The molecule has 1 rings (SSSR count). The van der Waals surface area contributed by atoms with E-state index in [0.717, 1.165) is 18.1 Å². The van der Waals surface area contributed by atoms with Crippen molar-refractivity contribution in [2.75, 3.05) is 6.61 Å². The molecule has 0 aliphatic heterocycles. The van der Waals surface area contributed by atoms with Gasteiger partial charge in [0, 0.05) is 0 Å².